The average molecular weight is 413 g/mol. The summed E-state index contributed by atoms with van der Waals surface area (Å²) in [7, 11) is 0. The zero-order chi connectivity index (χ0) is 21.9. The van der Waals surface area contributed by atoms with Crippen LogP contribution in [0.1, 0.15) is 99.9 Å². The number of hydrogen-bond donors (Lipinski definition) is 1. The molecule has 0 aliphatic heterocycles. The Bertz CT molecular complexity index is 692. The lowest BCUT2D eigenvalue weighted by Crippen LogP contribution is -2.02. The molecule has 0 aliphatic carbocycles. The molecule has 1 rings (SSSR count). The van der Waals surface area contributed by atoms with Crippen LogP contribution < -0.4 is 0 Å². The number of ether oxygens (including phenoxy) is 1. The van der Waals surface area contributed by atoms with Crippen molar-refractivity contribution in [1.82, 2.24) is 0 Å². The van der Waals surface area contributed by atoms with Gasteiger partial charge in [0.1, 0.15) is 0 Å². The molecule has 0 fully saturated rings. The number of carboxylic acid groups (broad SMARTS) is 1. The van der Waals surface area contributed by atoms with E-state index < -0.39 is 5.97 Å². The highest BCUT2D eigenvalue weighted by Gasteiger charge is 2.01. The van der Waals surface area contributed by atoms with Gasteiger partial charge in [-0.3, -0.25) is 0 Å². The van der Waals surface area contributed by atoms with Crippen molar-refractivity contribution in [2.24, 2.45) is 0 Å². The summed E-state index contributed by atoms with van der Waals surface area (Å²) in [4.78, 5) is 22.5. The first kappa shape index (κ1) is 25.5. The van der Waals surface area contributed by atoms with E-state index in [2.05, 4.69) is 18.8 Å². The van der Waals surface area contributed by atoms with E-state index in [4.69, 9.17) is 9.84 Å². The molecule has 0 atom stereocenters. The quantitative estimate of drug-likeness (QED) is 0.152. The Morgan fingerprint density at radius 3 is 2.03 bits per heavy atom. The maximum Gasteiger partial charge on any atom is 0.335 e. The molecule has 4 heteroatoms. The van der Waals surface area contributed by atoms with Crippen LogP contribution in [0.2, 0.25) is 0 Å². The molecule has 0 saturated carbocycles. The van der Waals surface area contributed by atoms with Crippen LogP contribution >= 0.6 is 0 Å². The molecule has 1 aromatic carbocycles. The lowest BCUT2D eigenvalue weighted by molar-refractivity contribution is -0.137. The summed E-state index contributed by atoms with van der Waals surface area (Å²) in [5.41, 5.74) is 0.988. The van der Waals surface area contributed by atoms with Crippen molar-refractivity contribution in [3.63, 3.8) is 0 Å². The Balaban J connectivity index is 1.95. The predicted octanol–water partition coefficient (Wildman–Crippen LogP) is 6.65. The zero-order valence-electron chi connectivity index (χ0n) is 18.3. The van der Waals surface area contributed by atoms with Gasteiger partial charge in [-0.25, -0.2) is 9.59 Å². The number of rotatable bonds is 15. The lowest BCUT2D eigenvalue weighted by atomic mass is 10.1. The third-order valence-electron chi connectivity index (χ3n) is 4.79. The van der Waals surface area contributed by atoms with Gasteiger partial charge in [0.05, 0.1) is 12.2 Å². The Hall–Kier alpha value is -2.54. The van der Waals surface area contributed by atoms with Crippen LogP contribution in [0, 0.1) is 11.8 Å². The molecular formula is C26H36O4. The molecule has 0 aromatic heterocycles. The molecular weight excluding hydrogens is 376 g/mol. The second kappa shape index (κ2) is 17.3. The van der Waals surface area contributed by atoms with Gasteiger partial charge in [0.2, 0.25) is 0 Å². The van der Waals surface area contributed by atoms with Gasteiger partial charge >= 0.3 is 11.9 Å². The highest BCUT2D eigenvalue weighted by Crippen LogP contribution is 2.10. The van der Waals surface area contributed by atoms with Crippen LogP contribution in [-0.4, -0.2) is 23.7 Å². The van der Waals surface area contributed by atoms with Gasteiger partial charge in [-0.15, -0.1) is 11.8 Å². The highest BCUT2D eigenvalue weighted by molar-refractivity contribution is 5.89. The van der Waals surface area contributed by atoms with Crippen LogP contribution in [0.3, 0.4) is 0 Å². The normalized spacial score (nSPS) is 10.6. The minimum absolute atomic E-state index is 0.224. The van der Waals surface area contributed by atoms with E-state index in [1.54, 1.807) is 18.2 Å². The summed E-state index contributed by atoms with van der Waals surface area (Å²) < 4.78 is 5.20. The minimum Gasteiger partial charge on any atom is -0.478 e. The fraction of sp³-hybridized carbons (Fsp3) is 0.538. The highest BCUT2D eigenvalue weighted by atomic mass is 16.5. The average Bonchev–Trinajstić information content (AvgIpc) is 2.75. The molecule has 0 bridgehead atoms. The number of esters is 1. The first-order valence-electron chi connectivity index (χ1n) is 11.3. The molecule has 0 radical (unpaired) electrons. The van der Waals surface area contributed by atoms with Crippen molar-refractivity contribution in [1.29, 1.82) is 0 Å². The maximum absolute atomic E-state index is 11.7. The van der Waals surface area contributed by atoms with Gasteiger partial charge in [0, 0.05) is 18.9 Å². The number of aromatic carboxylic acids is 1. The number of unbranched alkanes of at least 4 members (excludes halogenated alkanes) is 10. The van der Waals surface area contributed by atoms with Crippen LogP contribution in [0.15, 0.2) is 30.3 Å². The van der Waals surface area contributed by atoms with Crippen LogP contribution in [0.5, 0.6) is 0 Å². The van der Waals surface area contributed by atoms with Crippen molar-refractivity contribution in [3.05, 3.63) is 41.5 Å². The molecule has 30 heavy (non-hydrogen) atoms. The van der Waals surface area contributed by atoms with E-state index in [-0.39, 0.29) is 11.5 Å². The van der Waals surface area contributed by atoms with Crippen LogP contribution in [-0.2, 0) is 9.53 Å². The summed E-state index contributed by atoms with van der Waals surface area (Å²) in [5, 5.41) is 8.86. The van der Waals surface area contributed by atoms with Crippen molar-refractivity contribution < 1.29 is 19.4 Å². The van der Waals surface area contributed by atoms with Crippen molar-refractivity contribution in [2.45, 2.75) is 84.0 Å². The fourth-order valence-electron chi connectivity index (χ4n) is 2.94. The first-order chi connectivity index (χ1) is 14.6. The van der Waals surface area contributed by atoms with Crippen LogP contribution in [0.4, 0.5) is 0 Å². The molecule has 164 valence electrons. The number of carbonyl (C=O) groups is 2. The molecule has 0 aliphatic rings. The first-order valence-corrected chi connectivity index (χ1v) is 11.3. The molecule has 0 saturated heterocycles. The summed E-state index contributed by atoms with van der Waals surface area (Å²) >= 11 is 0. The van der Waals surface area contributed by atoms with E-state index in [9.17, 15) is 9.59 Å². The second-order valence-corrected chi connectivity index (χ2v) is 7.46. The Kier molecular flexibility index (Phi) is 14.7. The molecule has 1 aromatic rings. The lowest BCUT2D eigenvalue weighted by Gasteiger charge is -2.03. The molecule has 4 nitrogen and oxygen atoms in total. The van der Waals surface area contributed by atoms with Gasteiger partial charge in [0.15, 0.2) is 0 Å². The van der Waals surface area contributed by atoms with E-state index >= 15 is 0 Å². The number of carboxylic acids is 1. The zero-order valence-corrected chi connectivity index (χ0v) is 18.3. The number of carbonyl (C=O) groups excluding carboxylic acids is 1. The maximum atomic E-state index is 11.7. The molecule has 0 amide bonds. The van der Waals surface area contributed by atoms with Crippen LogP contribution in [0.25, 0.3) is 6.08 Å². The van der Waals surface area contributed by atoms with E-state index in [1.165, 1.54) is 69.6 Å². The molecule has 0 spiro atoms. The molecule has 1 N–H and O–H groups in total. The van der Waals surface area contributed by atoms with E-state index in [1.807, 2.05) is 0 Å². The van der Waals surface area contributed by atoms with Gasteiger partial charge < -0.3 is 9.84 Å². The molecule has 0 unspecified atom stereocenters. The standard InChI is InChI=1S/C26H36O4/c1-2-3-4-5-6-7-8-9-10-11-12-13-14-15-22-30-25(27)21-18-23-16-19-24(20-17-23)26(28)29/h16-21H,2-4,7-15,22H2,1H3,(H,28,29). The monoisotopic (exact) mass is 412 g/mol. The minimum atomic E-state index is -0.965. The Morgan fingerprint density at radius 1 is 0.867 bits per heavy atom. The Morgan fingerprint density at radius 2 is 1.43 bits per heavy atom. The predicted molar refractivity (Wildman–Crippen MR) is 122 cm³/mol. The van der Waals surface area contributed by atoms with Gasteiger partial charge in [-0.2, -0.15) is 0 Å². The fourth-order valence-corrected chi connectivity index (χ4v) is 2.94. The SMILES string of the molecule is CCCCC#CCCCCCCCCCCOC(=O)C=Cc1ccc(C(=O)O)cc1. The number of hydrogen-bond acceptors (Lipinski definition) is 3. The second-order valence-electron chi connectivity index (χ2n) is 7.46. The van der Waals surface area contributed by atoms with Crippen molar-refractivity contribution >= 4 is 18.0 Å². The number of benzene rings is 1. The third-order valence-corrected chi connectivity index (χ3v) is 4.79. The van der Waals surface area contributed by atoms with Crippen molar-refractivity contribution in [2.75, 3.05) is 6.61 Å². The molecule has 0 heterocycles. The van der Waals surface area contributed by atoms with E-state index in [0.717, 1.165) is 31.2 Å². The van der Waals surface area contributed by atoms with Gasteiger partial charge in [-0.05, 0) is 43.0 Å². The van der Waals surface area contributed by atoms with Crippen molar-refractivity contribution in [3.8, 4) is 11.8 Å². The largest absolute Gasteiger partial charge is 0.478 e. The van der Waals surface area contributed by atoms with E-state index in [0.29, 0.717) is 6.61 Å². The summed E-state index contributed by atoms with van der Waals surface area (Å²) in [6.45, 7) is 2.64. The van der Waals surface area contributed by atoms with Gasteiger partial charge in [-0.1, -0.05) is 64.0 Å². The van der Waals surface area contributed by atoms with Gasteiger partial charge in [0.25, 0.3) is 0 Å². The summed E-state index contributed by atoms with van der Waals surface area (Å²) in [5.74, 6) is 5.17. The summed E-state index contributed by atoms with van der Waals surface area (Å²) in [6.07, 6.45) is 17.0. The summed E-state index contributed by atoms with van der Waals surface area (Å²) in [6, 6.07) is 6.34. The topological polar surface area (TPSA) is 63.6 Å². The third kappa shape index (κ3) is 13.6. The smallest absolute Gasteiger partial charge is 0.335 e. The Labute approximate surface area is 181 Å².